The van der Waals surface area contributed by atoms with Gasteiger partial charge in [0.15, 0.2) is 12.0 Å². The van der Waals surface area contributed by atoms with E-state index in [1.807, 2.05) is 26.0 Å². The molecule has 2 aliphatic rings. The third kappa shape index (κ3) is 3.88. The topological polar surface area (TPSA) is 60.0 Å². The molecule has 23 heavy (non-hydrogen) atoms. The number of nitrogens with zero attached hydrogens (tertiary/aromatic N) is 1. The third-order valence-electron chi connectivity index (χ3n) is 3.84. The first-order chi connectivity index (χ1) is 11.0. The number of carbonyl (C=O) groups is 1. The zero-order valence-corrected chi connectivity index (χ0v) is 13.5. The summed E-state index contributed by atoms with van der Waals surface area (Å²) < 4.78 is 16.6. The van der Waals surface area contributed by atoms with E-state index in [1.165, 1.54) is 0 Å². The Morgan fingerprint density at radius 1 is 1.26 bits per heavy atom. The summed E-state index contributed by atoms with van der Waals surface area (Å²) in [6.45, 7) is 9.77. The molecule has 0 radical (unpaired) electrons. The Bertz CT molecular complexity index is 596. The molecule has 1 aromatic carbocycles. The van der Waals surface area contributed by atoms with E-state index in [2.05, 4.69) is 18.0 Å². The first kappa shape index (κ1) is 15.5. The van der Waals surface area contributed by atoms with Gasteiger partial charge in [-0.05, 0) is 43.7 Å². The lowest BCUT2D eigenvalue weighted by molar-refractivity contribution is 0.0989. The average molecular weight is 318 g/mol. The Kier molecular flexibility index (Phi) is 4.32. The minimum absolute atomic E-state index is 0.0749. The maximum atomic E-state index is 11.9. The molecule has 0 saturated carbocycles. The second-order valence-electron chi connectivity index (χ2n) is 6.09. The Balaban J connectivity index is 1.50. The van der Waals surface area contributed by atoms with E-state index in [-0.39, 0.29) is 18.3 Å². The second-order valence-corrected chi connectivity index (χ2v) is 6.09. The smallest absolute Gasteiger partial charge is 0.410 e. The van der Waals surface area contributed by atoms with Crippen molar-refractivity contribution in [3.63, 3.8) is 0 Å². The van der Waals surface area contributed by atoms with E-state index < -0.39 is 0 Å². The van der Waals surface area contributed by atoms with Crippen LogP contribution in [-0.4, -0.2) is 49.4 Å². The van der Waals surface area contributed by atoms with Crippen LogP contribution in [0.3, 0.4) is 0 Å². The fourth-order valence-corrected chi connectivity index (χ4v) is 2.88. The summed E-state index contributed by atoms with van der Waals surface area (Å²) in [5.74, 6) is 1.36. The van der Waals surface area contributed by atoms with Crippen molar-refractivity contribution in [2.24, 2.45) is 0 Å². The van der Waals surface area contributed by atoms with Crippen LogP contribution in [0.25, 0.3) is 0 Å². The predicted octanol–water partition coefficient (Wildman–Crippen LogP) is 1.96. The van der Waals surface area contributed by atoms with E-state index in [0.717, 1.165) is 16.9 Å². The van der Waals surface area contributed by atoms with E-state index in [4.69, 9.17) is 14.2 Å². The van der Waals surface area contributed by atoms with Gasteiger partial charge in [-0.1, -0.05) is 6.07 Å². The number of hydrogen-bond acceptors (Lipinski definition) is 5. The van der Waals surface area contributed by atoms with Crippen LogP contribution in [0.1, 0.15) is 11.1 Å². The molecule has 1 N–H and O–H groups in total. The Morgan fingerprint density at radius 3 is 2.65 bits per heavy atom. The highest BCUT2D eigenvalue weighted by molar-refractivity contribution is 5.70. The van der Waals surface area contributed by atoms with E-state index >= 15 is 0 Å². The van der Waals surface area contributed by atoms with Crippen molar-refractivity contribution >= 4 is 6.09 Å². The normalized spacial score (nSPS) is 23.5. The van der Waals surface area contributed by atoms with Gasteiger partial charge in [-0.3, -0.25) is 0 Å². The minimum Gasteiger partial charge on any atom is -0.490 e. The Labute approximate surface area is 136 Å². The molecule has 0 bridgehead atoms. The zero-order chi connectivity index (χ0) is 16.4. The summed E-state index contributed by atoms with van der Waals surface area (Å²) in [6, 6.07) is 6.05. The lowest BCUT2D eigenvalue weighted by atomic mass is 10.1. The molecule has 2 unspecified atom stereocenters. The van der Waals surface area contributed by atoms with Crippen molar-refractivity contribution in [3.05, 3.63) is 41.8 Å². The highest BCUT2D eigenvalue weighted by atomic mass is 16.6. The van der Waals surface area contributed by atoms with Crippen LogP contribution in [0.4, 0.5) is 4.79 Å². The number of hydrogen-bond donors (Lipinski definition) is 1. The molecule has 0 aromatic heterocycles. The second kappa shape index (κ2) is 6.40. The summed E-state index contributed by atoms with van der Waals surface area (Å²) in [4.78, 5) is 13.6. The van der Waals surface area contributed by atoms with Gasteiger partial charge in [0.2, 0.25) is 0 Å². The molecule has 6 nitrogen and oxygen atoms in total. The number of benzene rings is 1. The van der Waals surface area contributed by atoms with Crippen molar-refractivity contribution in [1.29, 1.82) is 0 Å². The van der Waals surface area contributed by atoms with Gasteiger partial charge in [-0.25, -0.2) is 4.79 Å². The van der Waals surface area contributed by atoms with Crippen molar-refractivity contribution < 1.29 is 19.0 Å². The molecular weight excluding hydrogens is 296 g/mol. The van der Waals surface area contributed by atoms with Gasteiger partial charge < -0.3 is 24.4 Å². The number of cyclic esters (lactones) is 1. The summed E-state index contributed by atoms with van der Waals surface area (Å²) in [7, 11) is 0. The number of rotatable bonds is 5. The van der Waals surface area contributed by atoms with Gasteiger partial charge in [0, 0.05) is 0 Å². The summed E-state index contributed by atoms with van der Waals surface area (Å²) in [6.07, 6.45) is -0.657. The molecule has 2 heterocycles. The van der Waals surface area contributed by atoms with Crippen LogP contribution in [0.5, 0.6) is 5.75 Å². The van der Waals surface area contributed by atoms with E-state index in [0.29, 0.717) is 32.1 Å². The first-order valence-corrected chi connectivity index (χ1v) is 7.75. The molecule has 2 atom stereocenters. The minimum atomic E-state index is -0.319. The molecule has 2 saturated heterocycles. The van der Waals surface area contributed by atoms with Gasteiger partial charge in [0.1, 0.15) is 18.5 Å². The largest absolute Gasteiger partial charge is 0.490 e. The van der Waals surface area contributed by atoms with Gasteiger partial charge in [-0.15, -0.1) is 0 Å². The lowest BCUT2D eigenvalue weighted by Gasteiger charge is -2.16. The molecule has 3 rings (SSSR count). The quantitative estimate of drug-likeness (QED) is 0.899. The summed E-state index contributed by atoms with van der Waals surface area (Å²) >= 11 is 0. The molecule has 0 spiro atoms. The van der Waals surface area contributed by atoms with Crippen LogP contribution in [0, 0.1) is 13.8 Å². The van der Waals surface area contributed by atoms with E-state index in [1.54, 1.807) is 4.90 Å². The standard InChI is InChI=1S/C17H22N2O4/c1-11-4-12(2)6-14(5-11)21-10-16-9-19(17(20)23-16)8-15-7-18-13(3)22-15/h4-6,15-16,18H,3,7-10H2,1-2H3. The molecule has 124 valence electrons. The molecule has 2 fully saturated rings. The highest BCUT2D eigenvalue weighted by Gasteiger charge is 2.34. The Hall–Kier alpha value is -2.37. The fourth-order valence-electron chi connectivity index (χ4n) is 2.88. The lowest BCUT2D eigenvalue weighted by Crippen LogP contribution is -2.35. The average Bonchev–Trinajstić information content (AvgIpc) is 3.03. The first-order valence-electron chi connectivity index (χ1n) is 7.75. The highest BCUT2D eigenvalue weighted by Crippen LogP contribution is 2.19. The molecule has 6 heteroatoms. The fraction of sp³-hybridized carbons (Fsp3) is 0.471. The molecule has 1 aromatic rings. The van der Waals surface area contributed by atoms with Gasteiger partial charge in [-0.2, -0.15) is 0 Å². The van der Waals surface area contributed by atoms with Gasteiger partial charge in [0.05, 0.1) is 19.6 Å². The summed E-state index contributed by atoms with van der Waals surface area (Å²) in [5.41, 5.74) is 2.30. The number of carbonyl (C=O) groups excluding carboxylic acids is 1. The van der Waals surface area contributed by atoms with Crippen LogP contribution < -0.4 is 10.1 Å². The maximum Gasteiger partial charge on any atom is 0.410 e. The SMILES string of the molecule is C=C1NCC(CN2CC(COc3cc(C)cc(C)c3)OC2=O)O1. The maximum absolute atomic E-state index is 11.9. The molecular formula is C17H22N2O4. The number of amides is 1. The van der Waals surface area contributed by atoms with Crippen molar-refractivity contribution in [1.82, 2.24) is 10.2 Å². The van der Waals surface area contributed by atoms with Crippen LogP contribution >= 0.6 is 0 Å². The van der Waals surface area contributed by atoms with Crippen LogP contribution in [-0.2, 0) is 9.47 Å². The predicted molar refractivity (Wildman–Crippen MR) is 85.3 cm³/mol. The van der Waals surface area contributed by atoms with Gasteiger partial charge in [0.25, 0.3) is 0 Å². The number of nitrogens with one attached hydrogen (secondary N) is 1. The summed E-state index contributed by atoms with van der Waals surface area (Å²) in [5, 5.41) is 3.01. The monoisotopic (exact) mass is 318 g/mol. The van der Waals surface area contributed by atoms with Crippen molar-refractivity contribution in [2.45, 2.75) is 26.1 Å². The van der Waals surface area contributed by atoms with Crippen molar-refractivity contribution in [2.75, 3.05) is 26.2 Å². The molecule has 0 aliphatic carbocycles. The number of ether oxygens (including phenoxy) is 3. The van der Waals surface area contributed by atoms with Crippen LogP contribution in [0.2, 0.25) is 0 Å². The third-order valence-corrected chi connectivity index (χ3v) is 3.84. The number of aryl methyl sites for hydroxylation is 2. The van der Waals surface area contributed by atoms with Crippen molar-refractivity contribution in [3.8, 4) is 5.75 Å². The van der Waals surface area contributed by atoms with E-state index in [9.17, 15) is 4.79 Å². The zero-order valence-electron chi connectivity index (χ0n) is 13.5. The molecule has 1 amide bonds. The van der Waals surface area contributed by atoms with Crippen LogP contribution in [0.15, 0.2) is 30.7 Å². The Morgan fingerprint density at radius 2 is 2.00 bits per heavy atom. The van der Waals surface area contributed by atoms with Gasteiger partial charge >= 0.3 is 6.09 Å². The molecule has 2 aliphatic heterocycles.